The van der Waals surface area contributed by atoms with Gasteiger partial charge in [-0.05, 0) is 12.8 Å². The van der Waals surface area contributed by atoms with Crippen molar-refractivity contribution in [1.82, 2.24) is 0 Å². The van der Waals surface area contributed by atoms with E-state index in [4.69, 9.17) is 4.74 Å². The molecule has 0 fully saturated rings. The zero-order chi connectivity index (χ0) is 24.2. The van der Waals surface area contributed by atoms with Gasteiger partial charge in [-0.2, -0.15) is 0 Å². The Bertz CT molecular complexity index is 373. The van der Waals surface area contributed by atoms with Gasteiger partial charge in [0.1, 0.15) is 0 Å². The van der Waals surface area contributed by atoms with E-state index in [0.29, 0.717) is 0 Å². The van der Waals surface area contributed by atoms with Gasteiger partial charge in [-0.25, -0.2) is 0 Å². The molecule has 0 saturated heterocycles. The Hall–Kier alpha value is -0.720. The van der Waals surface area contributed by atoms with E-state index in [1.165, 1.54) is 154 Å². The summed E-state index contributed by atoms with van der Waals surface area (Å²) in [5, 5.41) is 0. The largest absolute Gasteiger partial charge is 0.467 e. The summed E-state index contributed by atoms with van der Waals surface area (Å²) in [5.74, 6) is 1.84. The molecule has 0 atom stereocenters. The molecule has 0 aromatic rings. The quantitative estimate of drug-likeness (QED) is 0.0829. The van der Waals surface area contributed by atoms with E-state index in [1.54, 1.807) is 0 Å². The van der Waals surface area contributed by atoms with E-state index in [1.807, 2.05) is 0 Å². The van der Waals surface area contributed by atoms with Crippen LogP contribution in [0.5, 0.6) is 0 Å². The normalized spacial score (nSPS) is 11.1. The topological polar surface area (TPSA) is 9.23 Å². The lowest BCUT2D eigenvalue weighted by Gasteiger charge is -2.11. The lowest BCUT2D eigenvalue weighted by molar-refractivity contribution is 0.274. The number of unbranched alkanes of at least 4 members (excludes halogenated alkanes) is 22. The van der Waals surface area contributed by atoms with Crippen molar-refractivity contribution in [2.24, 2.45) is 0 Å². The lowest BCUT2D eigenvalue weighted by Crippen LogP contribution is -1.93. The molecular formula is C32H62O. The summed E-state index contributed by atoms with van der Waals surface area (Å²) in [7, 11) is 0. The average Bonchev–Trinajstić information content (AvgIpc) is 2.80. The fourth-order valence-electron chi connectivity index (χ4n) is 4.63. The second kappa shape index (κ2) is 27.5. The van der Waals surface area contributed by atoms with Crippen LogP contribution in [-0.4, -0.2) is 0 Å². The van der Waals surface area contributed by atoms with Crippen molar-refractivity contribution in [2.75, 3.05) is 0 Å². The molecule has 0 unspecified atom stereocenters. The SMILES string of the molecule is C=C(CCCCCCCCCCCCCC)OC(=C)CCCCCCCCCCCCCC. The molecule has 0 heterocycles. The van der Waals surface area contributed by atoms with Crippen LogP contribution in [0, 0.1) is 0 Å². The van der Waals surface area contributed by atoms with Gasteiger partial charge >= 0.3 is 0 Å². The second-order valence-corrected chi connectivity index (χ2v) is 10.5. The summed E-state index contributed by atoms with van der Waals surface area (Å²) in [6.07, 6.45) is 35.3. The van der Waals surface area contributed by atoms with Gasteiger partial charge in [0.25, 0.3) is 0 Å². The molecule has 0 aliphatic rings. The molecule has 0 rings (SSSR count). The molecule has 196 valence electrons. The standard InChI is InChI=1S/C32H62O/c1-5-7-9-11-13-15-17-19-21-23-25-27-29-31(3)33-32(4)30-28-26-24-22-20-18-16-14-12-10-8-6-2/h3-30H2,1-2H3. The van der Waals surface area contributed by atoms with Crippen LogP contribution in [0.25, 0.3) is 0 Å². The Morgan fingerprint density at radius 1 is 0.364 bits per heavy atom. The highest BCUT2D eigenvalue weighted by Gasteiger charge is 2.01. The predicted octanol–water partition coefficient (Wildman–Crippen LogP) is 12.2. The van der Waals surface area contributed by atoms with Gasteiger partial charge in [0.2, 0.25) is 0 Å². The monoisotopic (exact) mass is 462 g/mol. The van der Waals surface area contributed by atoms with E-state index in [0.717, 1.165) is 24.4 Å². The number of ether oxygens (including phenoxy) is 1. The van der Waals surface area contributed by atoms with Gasteiger partial charge in [0.05, 0.1) is 11.5 Å². The van der Waals surface area contributed by atoms with Gasteiger partial charge < -0.3 is 4.74 Å². The third kappa shape index (κ3) is 27.4. The molecule has 0 aliphatic heterocycles. The van der Waals surface area contributed by atoms with E-state index in [9.17, 15) is 0 Å². The van der Waals surface area contributed by atoms with Gasteiger partial charge in [-0.3, -0.25) is 0 Å². The molecule has 1 heteroatoms. The maximum atomic E-state index is 5.86. The molecule has 0 saturated carbocycles. The van der Waals surface area contributed by atoms with Crippen molar-refractivity contribution in [2.45, 2.75) is 181 Å². The molecule has 0 N–H and O–H groups in total. The molecule has 0 bridgehead atoms. The van der Waals surface area contributed by atoms with E-state index < -0.39 is 0 Å². The summed E-state index contributed by atoms with van der Waals surface area (Å²) in [5.41, 5.74) is 0. The van der Waals surface area contributed by atoms with Crippen molar-refractivity contribution in [3.05, 3.63) is 24.7 Å². The smallest absolute Gasteiger partial charge is 0.0964 e. The third-order valence-electron chi connectivity index (χ3n) is 6.91. The number of allylic oxidation sites excluding steroid dienone is 2. The summed E-state index contributed by atoms with van der Waals surface area (Å²) in [6, 6.07) is 0. The van der Waals surface area contributed by atoms with E-state index in [-0.39, 0.29) is 0 Å². The summed E-state index contributed by atoms with van der Waals surface area (Å²) in [4.78, 5) is 0. The average molecular weight is 463 g/mol. The van der Waals surface area contributed by atoms with Gasteiger partial charge in [0, 0.05) is 12.8 Å². The number of rotatable bonds is 28. The predicted molar refractivity (Wildman–Crippen MR) is 151 cm³/mol. The highest BCUT2D eigenvalue weighted by atomic mass is 16.5. The minimum atomic E-state index is 0.922. The first-order valence-electron chi connectivity index (χ1n) is 15.2. The molecular weight excluding hydrogens is 400 g/mol. The number of hydrogen-bond donors (Lipinski definition) is 0. The molecule has 1 nitrogen and oxygen atoms in total. The van der Waals surface area contributed by atoms with Crippen molar-refractivity contribution in [3.63, 3.8) is 0 Å². The van der Waals surface area contributed by atoms with Crippen LogP contribution in [-0.2, 0) is 4.74 Å². The second-order valence-electron chi connectivity index (χ2n) is 10.5. The first kappa shape index (κ1) is 32.3. The molecule has 0 amide bonds. The Morgan fingerprint density at radius 2 is 0.576 bits per heavy atom. The minimum Gasteiger partial charge on any atom is -0.467 e. The molecule has 0 spiro atoms. The maximum Gasteiger partial charge on any atom is 0.0964 e. The Labute approximate surface area is 210 Å². The molecule has 0 aromatic heterocycles. The highest BCUT2D eigenvalue weighted by molar-refractivity contribution is 4.93. The molecule has 33 heavy (non-hydrogen) atoms. The van der Waals surface area contributed by atoms with Gasteiger partial charge in [-0.1, -0.05) is 168 Å². The van der Waals surface area contributed by atoms with E-state index >= 15 is 0 Å². The Morgan fingerprint density at radius 3 is 0.818 bits per heavy atom. The van der Waals surface area contributed by atoms with Crippen LogP contribution < -0.4 is 0 Å². The Kier molecular flexibility index (Phi) is 26.9. The summed E-state index contributed by atoms with van der Waals surface area (Å²) in [6.45, 7) is 12.8. The van der Waals surface area contributed by atoms with Crippen LogP contribution in [0.4, 0.5) is 0 Å². The zero-order valence-electron chi connectivity index (χ0n) is 23.2. The molecule has 0 radical (unpaired) electrons. The van der Waals surface area contributed by atoms with Gasteiger partial charge in [0.15, 0.2) is 0 Å². The third-order valence-corrected chi connectivity index (χ3v) is 6.91. The van der Waals surface area contributed by atoms with E-state index in [2.05, 4.69) is 27.0 Å². The Balaban J connectivity index is 3.30. The first-order chi connectivity index (χ1) is 16.2. The highest BCUT2D eigenvalue weighted by Crippen LogP contribution is 2.18. The van der Waals surface area contributed by atoms with Crippen LogP contribution >= 0.6 is 0 Å². The van der Waals surface area contributed by atoms with Crippen LogP contribution in [0.1, 0.15) is 181 Å². The zero-order valence-corrected chi connectivity index (χ0v) is 23.2. The molecule has 0 aromatic carbocycles. The van der Waals surface area contributed by atoms with Gasteiger partial charge in [-0.15, -0.1) is 0 Å². The molecule has 0 aliphatic carbocycles. The van der Waals surface area contributed by atoms with Crippen molar-refractivity contribution in [3.8, 4) is 0 Å². The summed E-state index contributed by atoms with van der Waals surface area (Å²) >= 11 is 0. The minimum absolute atomic E-state index is 0.922. The van der Waals surface area contributed by atoms with Crippen molar-refractivity contribution >= 4 is 0 Å². The fraction of sp³-hybridized carbons (Fsp3) is 0.875. The summed E-state index contributed by atoms with van der Waals surface area (Å²) < 4.78 is 5.86. The van der Waals surface area contributed by atoms with Crippen molar-refractivity contribution in [1.29, 1.82) is 0 Å². The van der Waals surface area contributed by atoms with Crippen LogP contribution in [0.3, 0.4) is 0 Å². The van der Waals surface area contributed by atoms with Crippen molar-refractivity contribution < 1.29 is 4.74 Å². The maximum absolute atomic E-state index is 5.86. The first-order valence-corrected chi connectivity index (χ1v) is 15.2. The number of hydrogen-bond acceptors (Lipinski definition) is 1. The van der Waals surface area contributed by atoms with Crippen LogP contribution in [0.15, 0.2) is 24.7 Å². The lowest BCUT2D eigenvalue weighted by atomic mass is 10.0. The fourth-order valence-corrected chi connectivity index (χ4v) is 4.63. The van der Waals surface area contributed by atoms with Crippen LogP contribution in [0.2, 0.25) is 0 Å².